The van der Waals surface area contributed by atoms with Crippen molar-refractivity contribution < 1.29 is 23.3 Å². The van der Waals surface area contributed by atoms with Crippen LogP contribution >= 0.6 is 0 Å². The molecule has 12 nitrogen and oxygen atoms in total. The highest BCUT2D eigenvalue weighted by molar-refractivity contribution is 6.01. The fourth-order valence-electron chi connectivity index (χ4n) is 3.11. The Hall–Kier alpha value is -4.81. The Kier molecular flexibility index (Phi) is 6.66. The number of hydrazone groups is 1. The number of amides is 1. The van der Waals surface area contributed by atoms with Crippen LogP contribution in [0.25, 0.3) is 5.82 Å². The number of benzene rings is 2. The van der Waals surface area contributed by atoms with E-state index in [1.807, 2.05) is 0 Å². The Labute approximate surface area is 198 Å². The molecule has 180 valence electrons. The van der Waals surface area contributed by atoms with E-state index in [4.69, 9.17) is 15.2 Å². The second-order valence-electron chi connectivity index (χ2n) is 7.33. The van der Waals surface area contributed by atoms with Crippen molar-refractivity contribution in [1.29, 1.82) is 0 Å². The third-order valence-corrected chi connectivity index (χ3v) is 4.96. The van der Waals surface area contributed by atoms with Gasteiger partial charge in [-0.25, -0.2) is 14.4 Å². The zero-order valence-corrected chi connectivity index (χ0v) is 19.0. The Balaban J connectivity index is 1.48. The van der Waals surface area contributed by atoms with Gasteiger partial charge in [-0.3, -0.25) is 4.79 Å². The molecular formula is C22H21FN8O4. The van der Waals surface area contributed by atoms with E-state index in [-0.39, 0.29) is 29.8 Å². The molecule has 2 aromatic carbocycles. The van der Waals surface area contributed by atoms with Crippen molar-refractivity contribution >= 4 is 17.4 Å². The highest BCUT2D eigenvalue weighted by atomic mass is 19.1. The number of methoxy groups -OCH3 is 1. The molecule has 13 heteroatoms. The van der Waals surface area contributed by atoms with Gasteiger partial charge in [0.15, 0.2) is 17.2 Å². The van der Waals surface area contributed by atoms with E-state index in [1.54, 1.807) is 44.2 Å². The quantitative estimate of drug-likeness (QED) is 0.286. The van der Waals surface area contributed by atoms with Gasteiger partial charge in [0, 0.05) is 5.56 Å². The smallest absolute Gasteiger partial charge is 0.292 e. The van der Waals surface area contributed by atoms with E-state index in [9.17, 15) is 9.18 Å². The van der Waals surface area contributed by atoms with E-state index in [2.05, 4.69) is 35.8 Å². The summed E-state index contributed by atoms with van der Waals surface area (Å²) >= 11 is 0. The number of anilines is 1. The molecule has 0 aliphatic carbocycles. The fourth-order valence-corrected chi connectivity index (χ4v) is 3.11. The van der Waals surface area contributed by atoms with Gasteiger partial charge >= 0.3 is 0 Å². The molecule has 0 aliphatic heterocycles. The summed E-state index contributed by atoms with van der Waals surface area (Å²) < 4.78 is 30.0. The predicted octanol–water partition coefficient (Wildman–Crippen LogP) is 2.42. The number of hydrogen-bond donors (Lipinski definition) is 2. The lowest BCUT2D eigenvalue weighted by Gasteiger charge is -2.12. The summed E-state index contributed by atoms with van der Waals surface area (Å²) in [6, 6.07) is 11.3. The van der Waals surface area contributed by atoms with Crippen LogP contribution in [-0.4, -0.2) is 44.0 Å². The maximum absolute atomic E-state index is 13.1. The molecule has 3 N–H and O–H groups in total. The number of aryl methyl sites for hydroxylation is 1. The largest absolute Gasteiger partial charge is 0.493 e. The zero-order chi connectivity index (χ0) is 24.9. The molecule has 0 unspecified atom stereocenters. The van der Waals surface area contributed by atoms with Crippen LogP contribution < -0.4 is 20.6 Å². The molecule has 0 atom stereocenters. The van der Waals surface area contributed by atoms with Crippen LogP contribution in [0.15, 0.2) is 52.2 Å². The second kappa shape index (κ2) is 9.99. The standard InChI is InChI=1S/C22H21FN8O4/c1-12(25-27-22(32)19-13(2)26-30-31(19)21-20(24)28-35-29-21)15-6-9-17(18(10-15)33-3)34-11-14-4-7-16(23)8-5-14/h4-10H,11H2,1-3H3,(H2,24,28)(H,27,32)/b25-12-. The summed E-state index contributed by atoms with van der Waals surface area (Å²) in [5, 5.41) is 19.0. The SMILES string of the molecule is COc1cc(/C(C)=N\NC(=O)c2c(C)nnn2-c2nonc2N)ccc1OCc1ccc(F)cc1. The first-order chi connectivity index (χ1) is 16.9. The van der Waals surface area contributed by atoms with Gasteiger partial charge in [0.1, 0.15) is 12.4 Å². The number of nitrogens with zero attached hydrogens (tertiary/aromatic N) is 6. The van der Waals surface area contributed by atoms with Crippen molar-refractivity contribution in [3.63, 3.8) is 0 Å². The molecule has 0 bridgehead atoms. The van der Waals surface area contributed by atoms with Crippen molar-refractivity contribution in [3.05, 3.63) is 70.8 Å². The molecule has 0 spiro atoms. The number of nitrogens with two attached hydrogens (primary N) is 1. The maximum atomic E-state index is 13.1. The minimum Gasteiger partial charge on any atom is -0.493 e. The Morgan fingerprint density at radius 2 is 1.97 bits per heavy atom. The number of aromatic nitrogens is 5. The molecule has 0 radical (unpaired) electrons. The van der Waals surface area contributed by atoms with Crippen molar-refractivity contribution in [2.24, 2.45) is 5.10 Å². The average Bonchev–Trinajstić information content (AvgIpc) is 3.46. The number of hydrogen-bond acceptors (Lipinski definition) is 10. The first-order valence-corrected chi connectivity index (χ1v) is 10.3. The summed E-state index contributed by atoms with van der Waals surface area (Å²) in [5.41, 5.74) is 10.6. The van der Waals surface area contributed by atoms with E-state index < -0.39 is 5.91 Å². The molecule has 0 aliphatic rings. The van der Waals surface area contributed by atoms with Gasteiger partial charge in [-0.2, -0.15) is 9.78 Å². The minimum atomic E-state index is -0.583. The first-order valence-electron chi connectivity index (χ1n) is 10.3. The Bertz CT molecular complexity index is 1380. The molecular weight excluding hydrogens is 459 g/mol. The van der Waals surface area contributed by atoms with Crippen LogP contribution in [0.2, 0.25) is 0 Å². The van der Waals surface area contributed by atoms with Crippen LogP contribution in [0.4, 0.5) is 10.2 Å². The molecule has 1 amide bonds. The zero-order valence-electron chi connectivity index (χ0n) is 19.0. The Morgan fingerprint density at radius 3 is 2.66 bits per heavy atom. The molecule has 35 heavy (non-hydrogen) atoms. The fraction of sp³-hybridized carbons (Fsp3) is 0.182. The monoisotopic (exact) mass is 480 g/mol. The number of nitrogens with one attached hydrogen (secondary N) is 1. The van der Waals surface area contributed by atoms with E-state index >= 15 is 0 Å². The predicted molar refractivity (Wildman–Crippen MR) is 122 cm³/mol. The minimum absolute atomic E-state index is 0.0393. The summed E-state index contributed by atoms with van der Waals surface area (Å²) in [4.78, 5) is 12.8. The van der Waals surface area contributed by atoms with Gasteiger partial charge < -0.3 is 15.2 Å². The number of carbonyl (C=O) groups is 1. The molecule has 0 fully saturated rings. The number of carbonyl (C=O) groups excluding carboxylic acids is 1. The van der Waals surface area contributed by atoms with E-state index in [1.165, 1.54) is 19.2 Å². The van der Waals surface area contributed by atoms with Crippen LogP contribution in [0, 0.1) is 12.7 Å². The number of rotatable bonds is 8. The van der Waals surface area contributed by atoms with Gasteiger partial charge in [0.05, 0.1) is 18.5 Å². The third kappa shape index (κ3) is 5.08. The Morgan fingerprint density at radius 1 is 1.20 bits per heavy atom. The van der Waals surface area contributed by atoms with Gasteiger partial charge in [-0.15, -0.1) is 5.10 Å². The summed E-state index contributed by atoms with van der Waals surface area (Å²) in [6.45, 7) is 3.57. The topological polar surface area (TPSA) is 156 Å². The molecule has 0 saturated carbocycles. The van der Waals surface area contributed by atoms with Gasteiger partial charge in [-0.05, 0) is 60.1 Å². The van der Waals surface area contributed by atoms with Crippen LogP contribution in [-0.2, 0) is 6.61 Å². The average molecular weight is 480 g/mol. The van der Waals surface area contributed by atoms with Crippen molar-refractivity contribution in [3.8, 4) is 17.3 Å². The molecule has 2 aromatic heterocycles. The van der Waals surface area contributed by atoms with Crippen molar-refractivity contribution in [2.75, 3.05) is 12.8 Å². The van der Waals surface area contributed by atoms with Gasteiger partial charge in [-0.1, -0.05) is 17.3 Å². The normalized spacial score (nSPS) is 11.4. The first kappa shape index (κ1) is 23.4. The molecule has 0 saturated heterocycles. The van der Waals surface area contributed by atoms with Gasteiger partial charge in [0.25, 0.3) is 5.91 Å². The molecule has 4 rings (SSSR count). The van der Waals surface area contributed by atoms with Crippen LogP contribution in [0.1, 0.15) is 34.2 Å². The lowest BCUT2D eigenvalue weighted by molar-refractivity contribution is 0.0946. The second-order valence-corrected chi connectivity index (χ2v) is 7.33. The summed E-state index contributed by atoms with van der Waals surface area (Å²) in [7, 11) is 1.51. The van der Waals surface area contributed by atoms with Gasteiger partial charge in [0.2, 0.25) is 11.6 Å². The van der Waals surface area contributed by atoms with Crippen LogP contribution in [0.3, 0.4) is 0 Å². The lowest BCUT2D eigenvalue weighted by atomic mass is 10.1. The highest BCUT2D eigenvalue weighted by Gasteiger charge is 2.23. The summed E-state index contributed by atoms with van der Waals surface area (Å²) in [5.74, 6) is 0.0717. The number of ether oxygens (including phenoxy) is 2. The van der Waals surface area contributed by atoms with E-state index in [0.717, 1.165) is 10.2 Å². The van der Waals surface area contributed by atoms with Crippen molar-refractivity contribution in [2.45, 2.75) is 20.5 Å². The lowest BCUT2D eigenvalue weighted by Crippen LogP contribution is -2.24. The van der Waals surface area contributed by atoms with Crippen LogP contribution in [0.5, 0.6) is 11.5 Å². The number of halogens is 1. The van der Waals surface area contributed by atoms with E-state index in [0.29, 0.717) is 28.5 Å². The third-order valence-electron chi connectivity index (χ3n) is 4.96. The summed E-state index contributed by atoms with van der Waals surface area (Å²) in [6.07, 6.45) is 0. The maximum Gasteiger partial charge on any atom is 0.292 e. The van der Waals surface area contributed by atoms with Crippen molar-refractivity contribution in [1.82, 2.24) is 30.7 Å². The highest BCUT2D eigenvalue weighted by Crippen LogP contribution is 2.29. The molecule has 2 heterocycles. The molecule has 4 aromatic rings. The number of nitrogen functional groups attached to an aromatic ring is 1.